The molecule has 0 aromatic heterocycles. The lowest BCUT2D eigenvalue weighted by atomic mass is 10.2. The van der Waals surface area contributed by atoms with Gasteiger partial charge in [0, 0.05) is 5.69 Å². The first-order valence-corrected chi connectivity index (χ1v) is 10.3. The molecule has 0 aliphatic rings. The fourth-order valence-corrected chi connectivity index (χ4v) is 3.03. The van der Waals surface area contributed by atoms with Gasteiger partial charge in [0.1, 0.15) is 18.1 Å². The average Bonchev–Trinajstić information content (AvgIpc) is 2.59. The number of carbonyl (C=O) groups excluding carboxylic acids is 1. The van der Waals surface area contributed by atoms with Crippen LogP contribution >= 0.6 is 11.6 Å². The van der Waals surface area contributed by atoms with Gasteiger partial charge in [0.25, 0.3) is 5.91 Å². The Morgan fingerprint density at radius 3 is 2.33 bits per heavy atom. The molecule has 0 radical (unpaired) electrons. The number of carbonyl (C=O) groups is 1. The normalized spacial score (nSPS) is 12.1. The summed E-state index contributed by atoms with van der Waals surface area (Å²) in [6, 6.07) is 11.2. The Labute approximate surface area is 163 Å². The van der Waals surface area contributed by atoms with Crippen LogP contribution in [-0.4, -0.2) is 40.3 Å². The molecule has 0 spiro atoms. The summed E-state index contributed by atoms with van der Waals surface area (Å²) in [5.41, 5.74) is 0.530. The van der Waals surface area contributed by atoms with Crippen molar-refractivity contribution < 1.29 is 22.7 Å². The van der Waals surface area contributed by atoms with Gasteiger partial charge < -0.3 is 14.8 Å². The fourth-order valence-electron chi connectivity index (χ4n) is 2.21. The third kappa shape index (κ3) is 6.65. The number of amides is 1. The number of anilines is 1. The van der Waals surface area contributed by atoms with E-state index in [-0.39, 0.29) is 34.8 Å². The highest BCUT2D eigenvalue weighted by atomic mass is 35.5. The number of nitrogens with one attached hydrogen (secondary N) is 2. The summed E-state index contributed by atoms with van der Waals surface area (Å²) in [5, 5.41) is 2.93. The van der Waals surface area contributed by atoms with Crippen molar-refractivity contribution >= 4 is 33.2 Å². The Morgan fingerprint density at radius 2 is 1.78 bits per heavy atom. The van der Waals surface area contributed by atoms with Crippen LogP contribution < -0.4 is 19.5 Å². The molecule has 0 aliphatic heterocycles. The minimum atomic E-state index is -3.42. The van der Waals surface area contributed by atoms with Gasteiger partial charge in [0.2, 0.25) is 10.0 Å². The van der Waals surface area contributed by atoms with Crippen molar-refractivity contribution in [2.75, 3.05) is 24.7 Å². The molecule has 0 fully saturated rings. The zero-order valence-corrected chi connectivity index (χ0v) is 16.7. The molecule has 0 heterocycles. The maximum Gasteiger partial charge on any atom is 0.253 e. The molecule has 7 nitrogen and oxygen atoms in total. The molecule has 0 unspecified atom stereocenters. The van der Waals surface area contributed by atoms with Crippen molar-refractivity contribution in [2.45, 2.75) is 13.0 Å². The Bertz CT molecular complexity index is 900. The molecule has 146 valence electrons. The third-order valence-electron chi connectivity index (χ3n) is 3.45. The fraction of sp³-hybridized carbons (Fsp3) is 0.278. The predicted molar refractivity (Wildman–Crippen MR) is 105 cm³/mol. The minimum absolute atomic E-state index is 0.143. The Kier molecular flexibility index (Phi) is 6.92. The number of sulfonamides is 1. The molecule has 27 heavy (non-hydrogen) atoms. The first kappa shape index (κ1) is 20.9. The first-order valence-electron chi connectivity index (χ1n) is 8.03. The second-order valence-electron chi connectivity index (χ2n) is 5.93. The van der Waals surface area contributed by atoms with Gasteiger partial charge in [0.05, 0.1) is 30.0 Å². The Balaban J connectivity index is 1.93. The van der Waals surface area contributed by atoms with Crippen LogP contribution in [0.5, 0.6) is 11.5 Å². The van der Waals surface area contributed by atoms with Gasteiger partial charge in [-0.2, -0.15) is 0 Å². The van der Waals surface area contributed by atoms with E-state index < -0.39 is 10.0 Å². The van der Waals surface area contributed by atoms with Gasteiger partial charge in [-0.05, 0) is 49.4 Å². The lowest BCUT2D eigenvalue weighted by Crippen LogP contribution is -2.36. The zero-order chi connectivity index (χ0) is 20.0. The Morgan fingerprint density at radius 1 is 1.15 bits per heavy atom. The molecule has 1 amide bonds. The standard InChI is InChI=1S/C18H21ClN2O5S/c1-12(11-26-15-7-5-14(25-2)6-8-15)20-18(22)16-9-4-13(10-17(16)19)21-27(3,23)24/h4-10,12,21H,11H2,1-3H3,(H,20,22)/t12-/m1/s1. The number of benzene rings is 2. The van der Waals surface area contributed by atoms with Crippen LogP contribution in [-0.2, 0) is 10.0 Å². The van der Waals surface area contributed by atoms with Crippen LogP contribution in [0.4, 0.5) is 5.69 Å². The number of rotatable bonds is 8. The predicted octanol–water partition coefficient (Wildman–Crippen LogP) is 2.92. The summed E-state index contributed by atoms with van der Waals surface area (Å²) >= 11 is 6.10. The average molecular weight is 413 g/mol. The van der Waals surface area contributed by atoms with Gasteiger partial charge in [-0.15, -0.1) is 0 Å². The molecule has 2 rings (SSSR count). The summed E-state index contributed by atoms with van der Waals surface area (Å²) in [7, 11) is -1.83. The first-order chi connectivity index (χ1) is 12.7. The Hall–Kier alpha value is -2.45. The van der Waals surface area contributed by atoms with E-state index in [1.54, 1.807) is 38.3 Å². The van der Waals surface area contributed by atoms with Crippen molar-refractivity contribution in [2.24, 2.45) is 0 Å². The van der Waals surface area contributed by atoms with E-state index in [0.717, 1.165) is 12.0 Å². The van der Waals surface area contributed by atoms with E-state index in [1.807, 2.05) is 0 Å². The molecular weight excluding hydrogens is 392 g/mol. The monoisotopic (exact) mass is 412 g/mol. The summed E-state index contributed by atoms with van der Waals surface area (Å²) in [6.45, 7) is 2.07. The topological polar surface area (TPSA) is 93.7 Å². The molecule has 2 aromatic rings. The van der Waals surface area contributed by atoms with Crippen LogP contribution in [0, 0.1) is 0 Å². The second kappa shape index (κ2) is 8.96. The van der Waals surface area contributed by atoms with E-state index in [4.69, 9.17) is 21.1 Å². The summed E-state index contributed by atoms with van der Waals surface area (Å²) in [5.74, 6) is 1.01. The SMILES string of the molecule is COc1ccc(OC[C@@H](C)NC(=O)c2ccc(NS(C)(=O)=O)cc2Cl)cc1. The number of hydrogen-bond donors (Lipinski definition) is 2. The lowest BCUT2D eigenvalue weighted by Gasteiger charge is -2.16. The van der Waals surface area contributed by atoms with Gasteiger partial charge in [-0.1, -0.05) is 11.6 Å². The molecule has 2 aromatic carbocycles. The van der Waals surface area contributed by atoms with Crippen molar-refractivity contribution in [1.82, 2.24) is 5.32 Å². The van der Waals surface area contributed by atoms with Gasteiger partial charge in [-0.3, -0.25) is 9.52 Å². The largest absolute Gasteiger partial charge is 0.497 e. The van der Waals surface area contributed by atoms with Crippen LogP contribution in [0.3, 0.4) is 0 Å². The maximum absolute atomic E-state index is 12.4. The molecule has 9 heteroatoms. The summed E-state index contributed by atoms with van der Waals surface area (Å²) in [4.78, 5) is 12.4. The third-order valence-corrected chi connectivity index (χ3v) is 4.37. The maximum atomic E-state index is 12.4. The van der Waals surface area contributed by atoms with Crippen molar-refractivity contribution in [3.05, 3.63) is 53.1 Å². The minimum Gasteiger partial charge on any atom is -0.497 e. The number of hydrogen-bond acceptors (Lipinski definition) is 5. The van der Waals surface area contributed by atoms with E-state index in [2.05, 4.69) is 10.0 Å². The highest BCUT2D eigenvalue weighted by Gasteiger charge is 2.15. The highest BCUT2D eigenvalue weighted by molar-refractivity contribution is 7.92. The van der Waals surface area contributed by atoms with E-state index >= 15 is 0 Å². The van der Waals surface area contributed by atoms with Crippen molar-refractivity contribution in [3.8, 4) is 11.5 Å². The van der Waals surface area contributed by atoms with Gasteiger partial charge >= 0.3 is 0 Å². The van der Waals surface area contributed by atoms with Crippen LogP contribution in [0.25, 0.3) is 0 Å². The second-order valence-corrected chi connectivity index (χ2v) is 8.09. The van der Waals surface area contributed by atoms with E-state index in [9.17, 15) is 13.2 Å². The number of ether oxygens (including phenoxy) is 2. The molecule has 2 N–H and O–H groups in total. The van der Waals surface area contributed by atoms with Crippen LogP contribution in [0.15, 0.2) is 42.5 Å². The van der Waals surface area contributed by atoms with Crippen molar-refractivity contribution in [3.63, 3.8) is 0 Å². The molecule has 0 bridgehead atoms. The molecule has 0 saturated heterocycles. The number of methoxy groups -OCH3 is 1. The van der Waals surface area contributed by atoms with Crippen molar-refractivity contribution in [1.29, 1.82) is 0 Å². The molecule has 1 atom stereocenters. The summed E-state index contributed by atoms with van der Waals surface area (Å²) in [6.07, 6.45) is 1.03. The molecular formula is C18H21ClN2O5S. The zero-order valence-electron chi connectivity index (χ0n) is 15.2. The highest BCUT2D eigenvalue weighted by Crippen LogP contribution is 2.22. The van der Waals surface area contributed by atoms with E-state index in [0.29, 0.717) is 5.75 Å². The lowest BCUT2D eigenvalue weighted by molar-refractivity contribution is 0.0927. The quantitative estimate of drug-likeness (QED) is 0.695. The van der Waals surface area contributed by atoms with Crippen LogP contribution in [0.2, 0.25) is 5.02 Å². The smallest absolute Gasteiger partial charge is 0.253 e. The number of halogens is 1. The van der Waals surface area contributed by atoms with E-state index in [1.165, 1.54) is 18.2 Å². The van der Waals surface area contributed by atoms with Gasteiger partial charge in [0.15, 0.2) is 0 Å². The van der Waals surface area contributed by atoms with Gasteiger partial charge in [-0.25, -0.2) is 8.42 Å². The summed E-state index contributed by atoms with van der Waals surface area (Å²) < 4.78 is 35.5. The van der Waals surface area contributed by atoms with Crippen LogP contribution in [0.1, 0.15) is 17.3 Å². The molecule has 0 saturated carbocycles. The molecule has 0 aliphatic carbocycles.